The van der Waals surface area contributed by atoms with Crippen LogP contribution in [0, 0.1) is 5.41 Å². The van der Waals surface area contributed by atoms with Gasteiger partial charge in [-0.2, -0.15) is 0 Å². The number of guanidine groups is 1. The quantitative estimate of drug-likeness (QED) is 0.222. The summed E-state index contributed by atoms with van der Waals surface area (Å²) in [6, 6.07) is 3.03. The largest absolute Gasteiger partial charge is 0.356 e. The molecule has 1 aromatic heterocycles. The van der Waals surface area contributed by atoms with Gasteiger partial charge in [-0.15, -0.1) is 0 Å². The van der Waals surface area contributed by atoms with Gasteiger partial charge in [0, 0.05) is 30.7 Å². The van der Waals surface area contributed by atoms with E-state index in [9.17, 15) is 13.2 Å². The zero-order valence-corrected chi connectivity index (χ0v) is 17.6. The van der Waals surface area contributed by atoms with Crippen LogP contribution in [0.5, 0.6) is 0 Å². The first kappa shape index (κ1) is 22.9. The number of hydrogen-bond acceptors (Lipinski definition) is 5. The maximum atomic E-state index is 12.0. The first-order valence-corrected chi connectivity index (χ1v) is 11.9. The Morgan fingerprint density at radius 1 is 1.07 bits per heavy atom. The molecule has 0 aromatic carbocycles. The Balaban J connectivity index is 1.50. The number of pyridine rings is 1. The number of amides is 2. The van der Waals surface area contributed by atoms with Crippen molar-refractivity contribution in [3.8, 4) is 0 Å². The third-order valence-corrected chi connectivity index (χ3v) is 6.10. The molecule has 162 valence electrons. The summed E-state index contributed by atoms with van der Waals surface area (Å²) in [4.78, 5) is 15.8. The average Bonchev–Trinajstić information content (AvgIpc) is 2.68. The van der Waals surface area contributed by atoms with Crippen LogP contribution >= 0.6 is 0 Å². The summed E-state index contributed by atoms with van der Waals surface area (Å²) < 4.78 is 26.1. The lowest BCUT2D eigenvalue weighted by Gasteiger charge is -2.22. The number of rotatable bonds is 10. The molecular formula is C19H32N6O3S. The summed E-state index contributed by atoms with van der Waals surface area (Å²) in [5.41, 5.74) is 0.794. The minimum Gasteiger partial charge on any atom is -0.356 e. The highest BCUT2D eigenvalue weighted by atomic mass is 32.2. The van der Waals surface area contributed by atoms with E-state index in [1.54, 1.807) is 24.5 Å². The van der Waals surface area contributed by atoms with E-state index in [0.29, 0.717) is 13.0 Å². The van der Waals surface area contributed by atoms with Gasteiger partial charge in [0.15, 0.2) is 5.96 Å². The van der Waals surface area contributed by atoms with E-state index in [2.05, 4.69) is 25.7 Å². The number of carbonyl (C=O) groups is 1. The molecule has 29 heavy (non-hydrogen) atoms. The lowest BCUT2D eigenvalue weighted by Crippen LogP contribution is -2.45. The maximum absolute atomic E-state index is 12.0. The van der Waals surface area contributed by atoms with Crippen LogP contribution in [0.3, 0.4) is 0 Å². The van der Waals surface area contributed by atoms with E-state index >= 15 is 0 Å². The van der Waals surface area contributed by atoms with E-state index in [-0.39, 0.29) is 17.8 Å². The van der Waals surface area contributed by atoms with Crippen LogP contribution in [-0.2, 0) is 10.0 Å². The zero-order valence-electron chi connectivity index (χ0n) is 16.7. The number of hydrogen-bond donors (Lipinski definition) is 5. The van der Waals surface area contributed by atoms with Gasteiger partial charge in [-0.25, -0.2) is 17.9 Å². The van der Waals surface area contributed by atoms with Crippen molar-refractivity contribution in [1.82, 2.24) is 20.3 Å². The number of unbranched alkanes of at least 4 members (excludes halogenated alkanes) is 3. The molecule has 2 rings (SSSR count). The second kappa shape index (κ2) is 12.3. The Morgan fingerprint density at radius 2 is 1.76 bits per heavy atom. The number of anilines is 1. The Hall–Kier alpha value is -2.36. The van der Waals surface area contributed by atoms with Crippen LogP contribution in [0.4, 0.5) is 10.5 Å². The fraction of sp³-hybridized carbons (Fsp3) is 0.632. The monoisotopic (exact) mass is 424 g/mol. The summed E-state index contributed by atoms with van der Waals surface area (Å²) in [6.45, 7) is 0.631. The summed E-state index contributed by atoms with van der Waals surface area (Å²) in [5, 5.41) is 16.5. The maximum Gasteiger partial charge on any atom is 0.328 e. The van der Waals surface area contributed by atoms with Gasteiger partial charge >= 0.3 is 6.03 Å². The number of nitrogens with one attached hydrogen (secondary N) is 5. The fourth-order valence-corrected chi connectivity index (χ4v) is 4.29. The molecule has 5 N–H and O–H groups in total. The molecule has 9 nitrogen and oxygen atoms in total. The minimum atomic E-state index is -3.60. The molecule has 0 saturated heterocycles. The number of sulfonamides is 1. The van der Waals surface area contributed by atoms with Crippen molar-refractivity contribution in [2.45, 2.75) is 63.8 Å². The normalized spacial score (nSPS) is 14.8. The Labute approximate surface area is 173 Å². The molecule has 1 heterocycles. The van der Waals surface area contributed by atoms with Gasteiger partial charge in [0.1, 0.15) is 0 Å². The van der Waals surface area contributed by atoms with Crippen molar-refractivity contribution >= 4 is 27.7 Å². The van der Waals surface area contributed by atoms with Gasteiger partial charge in [-0.05, 0) is 37.8 Å². The van der Waals surface area contributed by atoms with Crippen molar-refractivity contribution in [2.24, 2.45) is 0 Å². The Morgan fingerprint density at radius 3 is 2.48 bits per heavy atom. The molecule has 1 saturated carbocycles. The summed E-state index contributed by atoms with van der Waals surface area (Å²) in [7, 11) is -3.60. The van der Waals surface area contributed by atoms with Crippen molar-refractivity contribution in [3.63, 3.8) is 0 Å². The fourth-order valence-electron chi connectivity index (χ4n) is 3.26. The van der Waals surface area contributed by atoms with Crippen molar-refractivity contribution in [2.75, 3.05) is 17.6 Å². The summed E-state index contributed by atoms with van der Waals surface area (Å²) in [6.07, 6.45) is 11.4. The smallest absolute Gasteiger partial charge is 0.328 e. The van der Waals surface area contributed by atoms with E-state index in [1.807, 2.05) is 0 Å². The van der Waals surface area contributed by atoms with Gasteiger partial charge < -0.3 is 16.0 Å². The third-order valence-electron chi connectivity index (χ3n) is 4.78. The highest BCUT2D eigenvalue weighted by molar-refractivity contribution is 7.90. The predicted octanol–water partition coefficient (Wildman–Crippen LogP) is 2.54. The standard InChI is InChI=1S/C19H32N6O3S/c20-18(23-17-10-13-21-14-11-17)22-12-6-1-2-7-15-29(27,28)25-19(26)24-16-8-4-3-5-9-16/h10-11,13-14,16H,1-9,12,15H2,(H2,24,25,26)(H3,20,21,22,23). The first-order valence-electron chi connectivity index (χ1n) is 10.2. The molecule has 1 aliphatic rings. The van der Waals surface area contributed by atoms with Gasteiger partial charge in [0.25, 0.3) is 0 Å². The zero-order chi connectivity index (χ0) is 21.0. The average molecular weight is 425 g/mol. The molecule has 0 unspecified atom stereocenters. The SMILES string of the molecule is N=C(NCCCCCCS(=O)(=O)NC(=O)NC1CCCCC1)Nc1ccncc1. The Kier molecular flexibility index (Phi) is 9.69. The van der Waals surface area contributed by atoms with Crippen LogP contribution in [0.25, 0.3) is 0 Å². The molecule has 0 atom stereocenters. The minimum absolute atomic E-state index is 0.0576. The van der Waals surface area contributed by atoms with Crippen molar-refractivity contribution in [1.29, 1.82) is 5.41 Å². The molecule has 1 aromatic rings. The molecule has 10 heteroatoms. The summed E-state index contributed by atoms with van der Waals surface area (Å²) >= 11 is 0. The number of carbonyl (C=O) groups excluding carboxylic acids is 1. The predicted molar refractivity (Wildman–Crippen MR) is 114 cm³/mol. The van der Waals surface area contributed by atoms with E-state index in [4.69, 9.17) is 5.41 Å². The molecule has 0 spiro atoms. The van der Waals surface area contributed by atoms with Crippen LogP contribution in [-0.4, -0.2) is 43.7 Å². The highest BCUT2D eigenvalue weighted by Crippen LogP contribution is 2.17. The van der Waals surface area contributed by atoms with Gasteiger partial charge in [-0.3, -0.25) is 10.4 Å². The van der Waals surface area contributed by atoms with Crippen LogP contribution < -0.4 is 20.7 Å². The molecule has 0 radical (unpaired) electrons. The van der Waals surface area contributed by atoms with Gasteiger partial charge in [0.05, 0.1) is 5.75 Å². The molecule has 1 fully saturated rings. The van der Waals surface area contributed by atoms with Crippen LogP contribution in [0.2, 0.25) is 0 Å². The van der Waals surface area contributed by atoms with E-state index in [1.165, 1.54) is 6.42 Å². The van der Waals surface area contributed by atoms with Crippen molar-refractivity contribution in [3.05, 3.63) is 24.5 Å². The molecule has 0 bridgehead atoms. The van der Waals surface area contributed by atoms with Gasteiger partial charge in [-0.1, -0.05) is 32.1 Å². The van der Waals surface area contributed by atoms with E-state index < -0.39 is 16.1 Å². The lowest BCUT2D eigenvalue weighted by atomic mass is 9.96. The number of urea groups is 1. The lowest BCUT2D eigenvalue weighted by molar-refractivity contribution is 0.237. The number of aromatic nitrogens is 1. The van der Waals surface area contributed by atoms with Crippen LogP contribution in [0.15, 0.2) is 24.5 Å². The number of nitrogens with zero attached hydrogens (tertiary/aromatic N) is 1. The van der Waals surface area contributed by atoms with Crippen LogP contribution in [0.1, 0.15) is 57.8 Å². The summed E-state index contributed by atoms with van der Waals surface area (Å²) in [5.74, 6) is 0.157. The highest BCUT2D eigenvalue weighted by Gasteiger charge is 2.19. The second-order valence-electron chi connectivity index (χ2n) is 7.31. The molecular weight excluding hydrogens is 392 g/mol. The molecule has 2 amide bonds. The molecule has 0 aliphatic heterocycles. The van der Waals surface area contributed by atoms with Crippen molar-refractivity contribution < 1.29 is 13.2 Å². The first-order chi connectivity index (χ1) is 13.9. The Bertz CT molecular complexity index is 736. The molecule has 1 aliphatic carbocycles. The topological polar surface area (TPSA) is 136 Å². The second-order valence-corrected chi connectivity index (χ2v) is 9.15. The van der Waals surface area contributed by atoms with E-state index in [0.717, 1.165) is 50.6 Å². The third kappa shape index (κ3) is 10.1. The van der Waals surface area contributed by atoms with Gasteiger partial charge in [0.2, 0.25) is 10.0 Å².